The summed E-state index contributed by atoms with van der Waals surface area (Å²) in [5.74, 6) is -0.0473. The first-order valence-electron chi connectivity index (χ1n) is 13.5. The average Bonchev–Trinajstić information content (AvgIpc) is 3.47. The summed E-state index contributed by atoms with van der Waals surface area (Å²) in [6, 6.07) is 32.3. The van der Waals surface area contributed by atoms with E-state index in [1.54, 1.807) is 0 Å². The molecule has 0 bridgehead atoms. The van der Waals surface area contributed by atoms with Crippen LogP contribution in [0.25, 0.3) is 16.5 Å². The van der Waals surface area contributed by atoms with Gasteiger partial charge in [0.1, 0.15) is 0 Å². The van der Waals surface area contributed by atoms with Crippen LogP contribution in [-0.2, 0) is 4.79 Å². The summed E-state index contributed by atoms with van der Waals surface area (Å²) >= 11 is 5.86. The van der Waals surface area contributed by atoms with Crippen molar-refractivity contribution in [2.75, 3.05) is 11.9 Å². The number of para-hydroxylation sites is 1. The molecule has 7 heteroatoms. The molecule has 1 aliphatic rings. The molecule has 200 valence electrons. The van der Waals surface area contributed by atoms with Gasteiger partial charge < -0.3 is 20.1 Å². The molecule has 0 radical (unpaired) electrons. The van der Waals surface area contributed by atoms with Crippen molar-refractivity contribution in [3.05, 3.63) is 126 Å². The highest BCUT2D eigenvalue weighted by atomic mass is 32.1. The maximum absolute atomic E-state index is 13.2. The van der Waals surface area contributed by atoms with E-state index < -0.39 is 0 Å². The number of nitrogens with one attached hydrogen (secondary N) is 2. The summed E-state index contributed by atoms with van der Waals surface area (Å²) < 4.78 is 2.28. The molecule has 0 saturated carbocycles. The van der Waals surface area contributed by atoms with E-state index in [0.717, 1.165) is 39.2 Å². The Kier molecular flexibility index (Phi) is 7.05. The number of rotatable bonds is 7. The van der Waals surface area contributed by atoms with E-state index in [4.69, 9.17) is 12.2 Å². The van der Waals surface area contributed by atoms with Crippen molar-refractivity contribution in [1.29, 1.82) is 0 Å². The number of aromatic nitrogens is 2. The zero-order valence-corrected chi connectivity index (χ0v) is 23.4. The molecule has 6 nitrogen and oxygen atoms in total. The van der Waals surface area contributed by atoms with Crippen molar-refractivity contribution in [3.63, 3.8) is 0 Å². The minimum Gasteiger partial charge on any atom is -0.352 e. The van der Waals surface area contributed by atoms with Gasteiger partial charge in [0.25, 0.3) is 0 Å². The van der Waals surface area contributed by atoms with Gasteiger partial charge in [-0.2, -0.15) is 0 Å². The number of nitrogens with zero attached hydrogens (tertiary/aromatic N) is 3. The molecular weight excluding hydrogens is 514 g/mol. The molecule has 0 aliphatic carbocycles. The van der Waals surface area contributed by atoms with E-state index >= 15 is 0 Å². The fourth-order valence-corrected chi connectivity index (χ4v) is 6.15. The monoisotopic (exact) mass is 545 g/mol. The van der Waals surface area contributed by atoms with Crippen molar-refractivity contribution in [3.8, 4) is 5.69 Å². The molecule has 40 heavy (non-hydrogen) atoms. The van der Waals surface area contributed by atoms with E-state index in [-0.39, 0.29) is 18.0 Å². The lowest BCUT2D eigenvalue weighted by atomic mass is 9.96. The van der Waals surface area contributed by atoms with E-state index in [1.165, 1.54) is 5.56 Å². The number of hydrogen-bond acceptors (Lipinski definition) is 3. The largest absolute Gasteiger partial charge is 0.352 e. The maximum atomic E-state index is 13.2. The molecular formula is C33H31N5OS. The lowest BCUT2D eigenvalue weighted by Gasteiger charge is -2.28. The normalized spacial score (nSPS) is 16.8. The number of carbonyl (C=O) groups is 1. The van der Waals surface area contributed by atoms with Crippen molar-refractivity contribution < 1.29 is 4.79 Å². The molecule has 1 saturated heterocycles. The summed E-state index contributed by atoms with van der Waals surface area (Å²) in [5, 5.41) is 9.39. The standard InChI is InChI=1S/C33H31N5OS/c1-22-21-27(23(2)38(22)25-13-4-3-5-14-25)32-31(29-16-8-9-19-34-29)36-33(40)37(32)20-18-30(39)35-28-17-10-12-24-11-6-7-15-26(24)28/h3-17,19,21,31-32H,18,20H2,1-2H3,(H,35,39)(H,36,40)/t31-,32+/m1/s1. The Morgan fingerprint density at radius 2 is 1.70 bits per heavy atom. The molecule has 0 unspecified atom stereocenters. The summed E-state index contributed by atoms with van der Waals surface area (Å²) in [5.41, 5.74) is 6.31. The molecule has 1 fully saturated rings. The Morgan fingerprint density at radius 1 is 0.950 bits per heavy atom. The molecule has 2 atom stereocenters. The van der Waals surface area contributed by atoms with Gasteiger partial charge in [-0.15, -0.1) is 0 Å². The fourth-order valence-electron chi connectivity index (χ4n) is 5.82. The Labute approximate surface area is 239 Å². The van der Waals surface area contributed by atoms with Crippen LogP contribution in [0.2, 0.25) is 0 Å². The smallest absolute Gasteiger partial charge is 0.226 e. The first-order chi connectivity index (χ1) is 19.5. The zero-order valence-electron chi connectivity index (χ0n) is 22.5. The van der Waals surface area contributed by atoms with Crippen LogP contribution >= 0.6 is 12.2 Å². The quantitative estimate of drug-likeness (QED) is 0.225. The second-order valence-corrected chi connectivity index (χ2v) is 10.5. The van der Waals surface area contributed by atoms with Crippen molar-refractivity contribution in [2.45, 2.75) is 32.4 Å². The van der Waals surface area contributed by atoms with Gasteiger partial charge in [0.05, 0.1) is 17.8 Å². The van der Waals surface area contributed by atoms with Crippen LogP contribution in [0.5, 0.6) is 0 Å². The molecule has 6 rings (SSSR count). The highest BCUT2D eigenvalue weighted by Gasteiger charge is 2.41. The Hall–Kier alpha value is -4.49. The third-order valence-electron chi connectivity index (χ3n) is 7.64. The van der Waals surface area contributed by atoms with Gasteiger partial charge in [-0.3, -0.25) is 9.78 Å². The number of amides is 1. The van der Waals surface area contributed by atoms with Crippen LogP contribution in [0.1, 0.15) is 41.1 Å². The number of benzene rings is 3. The SMILES string of the molecule is Cc1cc([C@H]2[C@@H](c3ccccn3)NC(=S)N2CCC(=O)Nc2cccc3ccccc23)c(C)n1-c1ccccc1. The number of thiocarbonyl (C=S) groups is 1. The number of fused-ring (bicyclic) bond motifs is 1. The van der Waals surface area contributed by atoms with E-state index in [1.807, 2.05) is 72.9 Å². The lowest BCUT2D eigenvalue weighted by molar-refractivity contribution is -0.116. The van der Waals surface area contributed by atoms with E-state index in [0.29, 0.717) is 18.1 Å². The summed E-state index contributed by atoms with van der Waals surface area (Å²) in [7, 11) is 0. The van der Waals surface area contributed by atoms with Gasteiger partial charge >= 0.3 is 0 Å². The average molecular weight is 546 g/mol. The first-order valence-corrected chi connectivity index (χ1v) is 13.9. The van der Waals surface area contributed by atoms with Crippen molar-refractivity contribution in [2.24, 2.45) is 0 Å². The number of pyridine rings is 1. The third-order valence-corrected chi connectivity index (χ3v) is 8.00. The van der Waals surface area contributed by atoms with Gasteiger partial charge in [0.15, 0.2) is 5.11 Å². The van der Waals surface area contributed by atoms with Gasteiger partial charge in [0, 0.05) is 47.3 Å². The van der Waals surface area contributed by atoms with Crippen LogP contribution in [0.4, 0.5) is 5.69 Å². The van der Waals surface area contributed by atoms with Crippen molar-refractivity contribution >= 4 is 39.7 Å². The van der Waals surface area contributed by atoms with Gasteiger partial charge in [-0.05, 0) is 73.4 Å². The van der Waals surface area contributed by atoms with Crippen LogP contribution in [0.15, 0.2) is 103 Å². The number of aryl methyl sites for hydroxylation is 1. The number of carbonyl (C=O) groups excluding carboxylic acids is 1. The molecule has 2 aromatic heterocycles. The molecule has 2 N–H and O–H groups in total. The highest BCUT2D eigenvalue weighted by Crippen LogP contribution is 2.41. The van der Waals surface area contributed by atoms with Crippen LogP contribution < -0.4 is 10.6 Å². The predicted molar refractivity (Wildman–Crippen MR) is 165 cm³/mol. The van der Waals surface area contributed by atoms with Crippen LogP contribution in [-0.4, -0.2) is 32.0 Å². The minimum absolute atomic E-state index is 0.0473. The maximum Gasteiger partial charge on any atom is 0.226 e. The van der Waals surface area contributed by atoms with E-state index in [9.17, 15) is 4.79 Å². The third kappa shape index (κ3) is 4.84. The first kappa shape index (κ1) is 25.8. The zero-order chi connectivity index (χ0) is 27.6. The Bertz CT molecular complexity index is 1680. The molecule has 1 amide bonds. The van der Waals surface area contributed by atoms with Crippen molar-refractivity contribution in [1.82, 2.24) is 19.8 Å². The van der Waals surface area contributed by atoms with Crippen LogP contribution in [0, 0.1) is 13.8 Å². The van der Waals surface area contributed by atoms with Crippen LogP contribution in [0.3, 0.4) is 0 Å². The molecule has 5 aromatic rings. The van der Waals surface area contributed by atoms with Gasteiger partial charge in [-0.25, -0.2) is 0 Å². The summed E-state index contributed by atoms with van der Waals surface area (Å²) in [4.78, 5) is 20.0. The Balaban J connectivity index is 1.30. The number of anilines is 1. The second kappa shape index (κ2) is 10.9. The van der Waals surface area contributed by atoms with E-state index in [2.05, 4.69) is 69.3 Å². The molecule has 3 heterocycles. The Morgan fingerprint density at radius 3 is 2.50 bits per heavy atom. The highest BCUT2D eigenvalue weighted by molar-refractivity contribution is 7.80. The second-order valence-electron chi connectivity index (χ2n) is 10.1. The minimum atomic E-state index is -0.139. The fraction of sp³-hybridized carbons (Fsp3) is 0.182. The topological polar surface area (TPSA) is 62.2 Å². The summed E-state index contributed by atoms with van der Waals surface area (Å²) in [6.45, 7) is 4.75. The molecule has 0 spiro atoms. The number of hydrogen-bond donors (Lipinski definition) is 2. The lowest BCUT2D eigenvalue weighted by Crippen LogP contribution is -2.33. The van der Waals surface area contributed by atoms with Gasteiger partial charge in [-0.1, -0.05) is 60.7 Å². The van der Waals surface area contributed by atoms with Gasteiger partial charge in [0.2, 0.25) is 5.91 Å². The molecule has 3 aromatic carbocycles. The summed E-state index contributed by atoms with van der Waals surface area (Å²) in [6.07, 6.45) is 2.11. The predicted octanol–water partition coefficient (Wildman–Crippen LogP) is 6.64. The molecule has 1 aliphatic heterocycles.